The minimum absolute atomic E-state index is 0.742. The van der Waals surface area contributed by atoms with Gasteiger partial charge < -0.3 is 4.90 Å². The molecule has 0 aromatic heterocycles. The molecule has 0 N–H and O–H groups in total. The average Bonchev–Trinajstić information content (AvgIpc) is 2.06. The highest BCUT2D eigenvalue weighted by atomic mass is 16.1. The first kappa shape index (κ1) is 5.47. The van der Waals surface area contributed by atoms with Gasteiger partial charge in [0.05, 0.1) is 6.54 Å². The molecule has 0 radical (unpaired) electrons. The Kier molecular flexibility index (Phi) is 1.01. The first-order chi connectivity index (χ1) is 4.90. The maximum absolute atomic E-state index is 10.4. The van der Waals surface area contributed by atoms with Gasteiger partial charge in [-0.05, 0) is 17.7 Å². The van der Waals surface area contributed by atoms with Gasteiger partial charge in [0.2, 0.25) is 6.41 Å². The van der Waals surface area contributed by atoms with Gasteiger partial charge in [-0.25, -0.2) is 0 Å². The molecule has 0 fully saturated rings. The third kappa shape index (κ3) is 0.620. The third-order valence-electron chi connectivity index (χ3n) is 1.75. The number of carbonyl (C=O) groups is 1. The second-order valence-electron chi connectivity index (χ2n) is 2.40. The average molecular weight is 133 g/mol. The number of amides is 1. The summed E-state index contributed by atoms with van der Waals surface area (Å²) in [7, 11) is 0. The smallest absolute Gasteiger partial charge is 0.214 e. The first-order valence-corrected chi connectivity index (χ1v) is 3.21. The van der Waals surface area contributed by atoms with Crippen molar-refractivity contribution in [2.45, 2.75) is 6.54 Å². The Bertz CT molecular complexity index is 252. The van der Waals surface area contributed by atoms with Gasteiger partial charge in [-0.1, -0.05) is 12.1 Å². The van der Waals surface area contributed by atoms with Crippen LogP contribution in [0.4, 0.5) is 5.69 Å². The van der Waals surface area contributed by atoms with Crippen molar-refractivity contribution in [3.63, 3.8) is 0 Å². The highest BCUT2D eigenvalue weighted by molar-refractivity contribution is 5.76. The van der Waals surface area contributed by atoms with E-state index in [1.54, 1.807) is 4.90 Å². The Labute approximate surface area is 59.1 Å². The molecule has 2 heterocycles. The van der Waals surface area contributed by atoms with E-state index in [0.29, 0.717) is 0 Å². The minimum Gasteiger partial charge on any atom is -0.311 e. The lowest BCUT2D eigenvalue weighted by Gasteiger charge is -2.22. The summed E-state index contributed by atoms with van der Waals surface area (Å²) in [4.78, 5) is 12.1. The summed E-state index contributed by atoms with van der Waals surface area (Å²) in [6.45, 7) is 0.742. The van der Waals surface area contributed by atoms with E-state index >= 15 is 0 Å². The number of nitrogens with zero attached hydrogens (tertiary/aromatic N) is 1. The van der Waals surface area contributed by atoms with E-state index in [4.69, 9.17) is 0 Å². The second kappa shape index (κ2) is 1.84. The molecule has 1 amide bonds. The number of benzene rings is 1. The Morgan fingerprint density at radius 3 is 2.30 bits per heavy atom. The lowest BCUT2D eigenvalue weighted by atomic mass is 10.1. The van der Waals surface area contributed by atoms with Crippen LogP contribution < -0.4 is 4.90 Å². The summed E-state index contributed by atoms with van der Waals surface area (Å²) in [5, 5.41) is 0. The van der Waals surface area contributed by atoms with Gasteiger partial charge in [0, 0.05) is 5.69 Å². The van der Waals surface area contributed by atoms with Crippen LogP contribution in [0.5, 0.6) is 0 Å². The zero-order valence-electron chi connectivity index (χ0n) is 5.45. The molecular weight excluding hydrogens is 126 g/mol. The standard InChI is InChI=1S/C8H7NO/c10-6-9-5-7-1-3-8(9)4-2-7/h1-4,6H,5H2. The number of fused-ring (bicyclic) bond motifs is 3. The van der Waals surface area contributed by atoms with E-state index in [1.165, 1.54) is 5.56 Å². The van der Waals surface area contributed by atoms with E-state index in [0.717, 1.165) is 18.6 Å². The van der Waals surface area contributed by atoms with Gasteiger partial charge in [0.15, 0.2) is 0 Å². The molecule has 0 spiro atoms. The molecule has 1 aromatic rings. The predicted molar refractivity (Wildman–Crippen MR) is 38.7 cm³/mol. The van der Waals surface area contributed by atoms with Crippen molar-refractivity contribution in [1.82, 2.24) is 0 Å². The van der Waals surface area contributed by atoms with Gasteiger partial charge in [-0.2, -0.15) is 0 Å². The Morgan fingerprint density at radius 1 is 1.30 bits per heavy atom. The van der Waals surface area contributed by atoms with E-state index in [9.17, 15) is 4.79 Å². The van der Waals surface area contributed by atoms with Gasteiger partial charge in [-0.15, -0.1) is 0 Å². The number of hydrogen-bond donors (Lipinski definition) is 0. The SMILES string of the molecule is O=CN1Cc2ccc1cc2. The molecule has 0 atom stereocenters. The molecule has 50 valence electrons. The van der Waals surface area contributed by atoms with Gasteiger partial charge >= 0.3 is 0 Å². The molecule has 1 aromatic carbocycles. The fourth-order valence-corrected chi connectivity index (χ4v) is 1.18. The predicted octanol–water partition coefficient (Wildman–Crippen LogP) is 1.16. The number of anilines is 1. The summed E-state index contributed by atoms with van der Waals surface area (Å²) in [5.74, 6) is 0. The minimum atomic E-state index is 0.742. The molecule has 2 aliphatic rings. The fraction of sp³-hybridized carbons (Fsp3) is 0.125. The van der Waals surface area contributed by atoms with Crippen molar-refractivity contribution in [3.05, 3.63) is 29.8 Å². The van der Waals surface area contributed by atoms with Gasteiger partial charge in [-0.3, -0.25) is 4.79 Å². The Balaban J connectivity index is 2.50. The number of rotatable bonds is 1. The molecule has 3 rings (SSSR count). The van der Waals surface area contributed by atoms with Gasteiger partial charge in [0.25, 0.3) is 0 Å². The fourth-order valence-electron chi connectivity index (χ4n) is 1.18. The highest BCUT2D eigenvalue weighted by Crippen LogP contribution is 2.22. The quantitative estimate of drug-likeness (QED) is 0.526. The Morgan fingerprint density at radius 2 is 2.00 bits per heavy atom. The van der Waals surface area contributed by atoms with E-state index in [-0.39, 0.29) is 0 Å². The normalized spacial score (nSPS) is 13.8. The number of carbonyl (C=O) groups excluding carboxylic acids is 1. The molecule has 0 unspecified atom stereocenters. The maximum atomic E-state index is 10.4. The lowest BCUT2D eigenvalue weighted by molar-refractivity contribution is -0.107. The topological polar surface area (TPSA) is 20.3 Å². The largest absolute Gasteiger partial charge is 0.311 e. The van der Waals surface area contributed by atoms with E-state index < -0.39 is 0 Å². The zero-order chi connectivity index (χ0) is 6.97. The summed E-state index contributed by atoms with van der Waals surface area (Å²) in [6.07, 6.45) is 0.863. The highest BCUT2D eigenvalue weighted by Gasteiger charge is 2.10. The van der Waals surface area contributed by atoms with Crippen LogP contribution in [0.25, 0.3) is 0 Å². The van der Waals surface area contributed by atoms with Crippen LogP contribution in [0.15, 0.2) is 24.3 Å². The van der Waals surface area contributed by atoms with Crippen LogP contribution in [0.2, 0.25) is 0 Å². The van der Waals surface area contributed by atoms with Crippen LogP contribution in [-0.2, 0) is 11.3 Å². The zero-order valence-corrected chi connectivity index (χ0v) is 5.45. The van der Waals surface area contributed by atoms with Crippen LogP contribution in [-0.4, -0.2) is 6.41 Å². The lowest BCUT2D eigenvalue weighted by Crippen LogP contribution is -2.23. The first-order valence-electron chi connectivity index (χ1n) is 3.21. The molecule has 10 heavy (non-hydrogen) atoms. The van der Waals surface area contributed by atoms with Crippen molar-refractivity contribution in [2.24, 2.45) is 0 Å². The number of hydrogen-bond acceptors (Lipinski definition) is 1. The van der Waals surface area contributed by atoms with Crippen LogP contribution in [0.3, 0.4) is 0 Å². The molecule has 0 aliphatic carbocycles. The molecule has 2 heteroatoms. The van der Waals surface area contributed by atoms with Crippen molar-refractivity contribution < 1.29 is 4.79 Å². The third-order valence-corrected chi connectivity index (χ3v) is 1.75. The summed E-state index contributed by atoms with van der Waals surface area (Å²) in [5.41, 5.74) is 2.19. The van der Waals surface area contributed by atoms with E-state index in [1.807, 2.05) is 24.3 Å². The molecule has 2 nitrogen and oxygen atoms in total. The van der Waals surface area contributed by atoms with Crippen molar-refractivity contribution in [3.8, 4) is 0 Å². The Hall–Kier alpha value is -1.31. The van der Waals surface area contributed by atoms with Crippen molar-refractivity contribution >= 4 is 12.1 Å². The molecule has 2 aliphatic heterocycles. The second-order valence-corrected chi connectivity index (χ2v) is 2.40. The maximum Gasteiger partial charge on any atom is 0.214 e. The summed E-state index contributed by atoms with van der Waals surface area (Å²) in [6, 6.07) is 7.98. The van der Waals surface area contributed by atoms with E-state index in [2.05, 4.69) is 0 Å². The monoisotopic (exact) mass is 133 g/mol. The van der Waals surface area contributed by atoms with Crippen molar-refractivity contribution in [1.29, 1.82) is 0 Å². The molecule has 2 bridgehead atoms. The molecule has 0 saturated carbocycles. The van der Waals surface area contributed by atoms with Crippen LogP contribution in [0, 0.1) is 0 Å². The van der Waals surface area contributed by atoms with Crippen LogP contribution >= 0.6 is 0 Å². The molecular formula is C8H7NO. The summed E-state index contributed by atoms with van der Waals surface area (Å²) < 4.78 is 0. The summed E-state index contributed by atoms with van der Waals surface area (Å²) >= 11 is 0. The van der Waals surface area contributed by atoms with Crippen molar-refractivity contribution in [2.75, 3.05) is 4.90 Å². The molecule has 0 saturated heterocycles. The van der Waals surface area contributed by atoms with Gasteiger partial charge in [0.1, 0.15) is 0 Å². The van der Waals surface area contributed by atoms with Crippen LogP contribution in [0.1, 0.15) is 5.56 Å².